The predicted octanol–water partition coefficient (Wildman–Crippen LogP) is 1.09. The summed E-state index contributed by atoms with van der Waals surface area (Å²) in [5.74, 6) is 0.782. The largest absolute Gasteiger partial charge is 0.376 e. The smallest absolute Gasteiger partial charge is 0.0674 e. The summed E-state index contributed by atoms with van der Waals surface area (Å²) in [6.07, 6.45) is 1.61. The van der Waals surface area contributed by atoms with Gasteiger partial charge in [0.15, 0.2) is 0 Å². The molecule has 3 nitrogen and oxygen atoms in total. The van der Waals surface area contributed by atoms with Crippen molar-refractivity contribution in [3.8, 4) is 0 Å². The van der Waals surface area contributed by atoms with Crippen molar-refractivity contribution in [3.05, 3.63) is 0 Å². The van der Waals surface area contributed by atoms with E-state index < -0.39 is 0 Å². The van der Waals surface area contributed by atoms with Crippen LogP contribution in [0.3, 0.4) is 0 Å². The highest BCUT2D eigenvalue weighted by Gasteiger charge is 2.35. The van der Waals surface area contributed by atoms with Crippen molar-refractivity contribution in [1.82, 2.24) is 10.2 Å². The predicted molar refractivity (Wildman–Crippen MR) is 62.0 cm³/mol. The topological polar surface area (TPSA) is 24.5 Å². The van der Waals surface area contributed by atoms with Crippen LogP contribution in [0.25, 0.3) is 0 Å². The Kier molecular flexibility index (Phi) is 3.65. The van der Waals surface area contributed by atoms with Crippen molar-refractivity contribution < 1.29 is 4.74 Å². The first-order chi connectivity index (χ1) is 7.22. The molecule has 15 heavy (non-hydrogen) atoms. The van der Waals surface area contributed by atoms with E-state index in [4.69, 9.17) is 4.74 Å². The molecule has 2 aliphatic heterocycles. The highest BCUT2D eigenvalue weighted by atomic mass is 16.5. The molecule has 0 saturated carbocycles. The summed E-state index contributed by atoms with van der Waals surface area (Å²) in [6.45, 7) is 11.2. The van der Waals surface area contributed by atoms with E-state index in [2.05, 4.69) is 31.0 Å². The zero-order valence-corrected chi connectivity index (χ0v) is 10.2. The number of hydrogen-bond donors (Lipinski definition) is 1. The summed E-state index contributed by atoms with van der Waals surface area (Å²) >= 11 is 0. The van der Waals surface area contributed by atoms with Gasteiger partial charge in [0.1, 0.15) is 0 Å². The van der Waals surface area contributed by atoms with Crippen LogP contribution in [-0.2, 0) is 4.74 Å². The third-order valence-corrected chi connectivity index (χ3v) is 3.88. The maximum Gasteiger partial charge on any atom is 0.0674 e. The minimum Gasteiger partial charge on any atom is -0.376 e. The Balaban J connectivity index is 2.02. The maximum atomic E-state index is 5.74. The number of nitrogens with zero attached hydrogens (tertiary/aromatic N) is 1. The molecule has 2 rings (SSSR count). The Labute approximate surface area is 93.2 Å². The summed E-state index contributed by atoms with van der Waals surface area (Å²) in [4.78, 5) is 2.68. The fourth-order valence-electron chi connectivity index (χ4n) is 2.87. The van der Waals surface area contributed by atoms with Crippen molar-refractivity contribution in [3.63, 3.8) is 0 Å². The van der Waals surface area contributed by atoms with Gasteiger partial charge in [-0.2, -0.15) is 0 Å². The molecule has 4 atom stereocenters. The van der Waals surface area contributed by atoms with Crippen LogP contribution in [-0.4, -0.2) is 49.3 Å². The second kappa shape index (κ2) is 4.81. The summed E-state index contributed by atoms with van der Waals surface area (Å²) < 4.78 is 5.74. The average molecular weight is 212 g/mol. The summed E-state index contributed by atoms with van der Waals surface area (Å²) in [6, 6.07) is 1.36. The van der Waals surface area contributed by atoms with E-state index in [1.54, 1.807) is 0 Å². The lowest BCUT2D eigenvalue weighted by Crippen LogP contribution is -2.55. The van der Waals surface area contributed by atoms with Gasteiger partial charge in [-0.25, -0.2) is 0 Å². The van der Waals surface area contributed by atoms with Crippen LogP contribution in [0.2, 0.25) is 0 Å². The van der Waals surface area contributed by atoms with Gasteiger partial charge in [0, 0.05) is 25.2 Å². The molecule has 2 fully saturated rings. The number of rotatable bonds is 2. The Morgan fingerprint density at radius 2 is 2.13 bits per heavy atom. The van der Waals surface area contributed by atoms with Gasteiger partial charge in [-0.05, 0) is 25.8 Å². The van der Waals surface area contributed by atoms with Crippen LogP contribution < -0.4 is 5.32 Å². The van der Waals surface area contributed by atoms with Gasteiger partial charge in [-0.1, -0.05) is 13.8 Å². The number of hydrogen-bond acceptors (Lipinski definition) is 3. The fraction of sp³-hybridized carbons (Fsp3) is 1.00. The molecule has 0 aliphatic carbocycles. The SMILES string of the molecule is CCC1COC(C)CN1C1CNCC1C. The second-order valence-corrected chi connectivity index (χ2v) is 5.11. The summed E-state index contributed by atoms with van der Waals surface area (Å²) in [5, 5.41) is 3.50. The van der Waals surface area contributed by atoms with Crippen molar-refractivity contribution in [2.24, 2.45) is 5.92 Å². The minimum absolute atomic E-state index is 0.403. The fourth-order valence-corrected chi connectivity index (χ4v) is 2.87. The number of morpholine rings is 1. The molecule has 2 heterocycles. The monoisotopic (exact) mass is 212 g/mol. The van der Waals surface area contributed by atoms with E-state index in [1.807, 2.05) is 0 Å². The average Bonchev–Trinajstić information content (AvgIpc) is 2.64. The van der Waals surface area contributed by atoms with Gasteiger partial charge < -0.3 is 10.1 Å². The van der Waals surface area contributed by atoms with Crippen LogP contribution in [0.5, 0.6) is 0 Å². The normalized spacial score (nSPS) is 43.4. The van der Waals surface area contributed by atoms with Crippen molar-refractivity contribution in [2.45, 2.75) is 45.4 Å². The Morgan fingerprint density at radius 3 is 2.73 bits per heavy atom. The van der Waals surface area contributed by atoms with Gasteiger partial charge in [-0.3, -0.25) is 4.90 Å². The van der Waals surface area contributed by atoms with Crippen molar-refractivity contribution in [1.29, 1.82) is 0 Å². The van der Waals surface area contributed by atoms with E-state index in [0.29, 0.717) is 12.1 Å². The van der Waals surface area contributed by atoms with E-state index in [1.165, 1.54) is 13.0 Å². The maximum absolute atomic E-state index is 5.74. The lowest BCUT2D eigenvalue weighted by Gasteiger charge is -2.43. The quantitative estimate of drug-likeness (QED) is 0.741. The summed E-state index contributed by atoms with van der Waals surface area (Å²) in [7, 11) is 0. The zero-order valence-electron chi connectivity index (χ0n) is 10.2. The third kappa shape index (κ3) is 2.35. The molecule has 0 aromatic heterocycles. The molecule has 88 valence electrons. The van der Waals surface area contributed by atoms with E-state index in [9.17, 15) is 0 Å². The molecule has 2 aliphatic rings. The minimum atomic E-state index is 0.403. The molecule has 0 spiro atoms. The molecule has 0 radical (unpaired) electrons. The molecule has 0 aromatic carbocycles. The van der Waals surface area contributed by atoms with Crippen LogP contribution in [0.15, 0.2) is 0 Å². The first-order valence-electron chi connectivity index (χ1n) is 6.30. The van der Waals surface area contributed by atoms with Gasteiger partial charge in [-0.15, -0.1) is 0 Å². The molecular formula is C12H24N2O. The second-order valence-electron chi connectivity index (χ2n) is 5.11. The van der Waals surface area contributed by atoms with Gasteiger partial charge in [0.25, 0.3) is 0 Å². The zero-order chi connectivity index (χ0) is 10.8. The van der Waals surface area contributed by atoms with Crippen LogP contribution in [0.1, 0.15) is 27.2 Å². The number of ether oxygens (including phenoxy) is 1. The standard InChI is InChI=1S/C12H24N2O/c1-4-11-8-15-10(3)7-14(11)12-6-13-5-9(12)2/h9-13H,4-8H2,1-3H3. The lowest BCUT2D eigenvalue weighted by atomic mass is 10.00. The van der Waals surface area contributed by atoms with Crippen molar-refractivity contribution >= 4 is 0 Å². The van der Waals surface area contributed by atoms with Crippen LogP contribution >= 0.6 is 0 Å². The Bertz CT molecular complexity index is 210. The molecular weight excluding hydrogens is 188 g/mol. The molecule has 0 amide bonds. The molecule has 3 heteroatoms. The first-order valence-corrected chi connectivity index (χ1v) is 6.30. The molecule has 1 N–H and O–H groups in total. The van der Waals surface area contributed by atoms with E-state index >= 15 is 0 Å². The van der Waals surface area contributed by atoms with E-state index in [-0.39, 0.29) is 0 Å². The number of nitrogens with one attached hydrogen (secondary N) is 1. The molecule has 0 aromatic rings. The van der Waals surface area contributed by atoms with Crippen LogP contribution in [0.4, 0.5) is 0 Å². The van der Waals surface area contributed by atoms with Gasteiger partial charge >= 0.3 is 0 Å². The highest BCUT2D eigenvalue weighted by Crippen LogP contribution is 2.23. The van der Waals surface area contributed by atoms with Gasteiger partial charge in [0.05, 0.1) is 12.7 Å². The molecule has 0 bridgehead atoms. The third-order valence-electron chi connectivity index (χ3n) is 3.88. The first kappa shape index (κ1) is 11.4. The van der Waals surface area contributed by atoms with Gasteiger partial charge in [0.2, 0.25) is 0 Å². The summed E-state index contributed by atoms with van der Waals surface area (Å²) in [5.41, 5.74) is 0. The van der Waals surface area contributed by atoms with Crippen LogP contribution in [0, 0.1) is 5.92 Å². The Morgan fingerprint density at radius 1 is 1.33 bits per heavy atom. The Hall–Kier alpha value is -0.120. The van der Waals surface area contributed by atoms with E-state index in [0.717, 1.165) is 31.7 Å². The van der Waals surface area contributed by atoms with Crippen molar-refractivity contribution in [2.75, 3.05) is 26.2 Å². The lowest BCUT2D eigenvalue weighted by molar-refractivity contribution is -0.0746. The highest BCUT2D eigenvalue weighted by molar-refractivity contribution is 4.91. The molecule has 2 saturated heterocycles. The molecule has 4 unspecified atom stereocenters.